The minimum absolute atomic E-state index is 0.0348. The summed E-state index contributed by atoms with van der Waals surface area (Å²) >= 11 is 1.62. The largest absolute Gasteiger partial charge is 0.344 e. The number of hydrogen-bond donors (Lipinski definition) is 2. The van der Waals surface area contributed by atoms with Gasteiger partial charge in [0.25, 0.3) is 0 Å². The van der Waals surface area contributed by atoms with Crippen molar-refractivity contribution in [3.05, 3.63) is 53.0 Å². The molecule has 2 heterocycles. The predicted molar refractivity (Wildman–Crippen MR) is 127 cm³/mol. The Balaban J connectivity index is 0.00000124. The first-order chi connectivity index (χ1) is 14.5. The van der Waals surface area contributed by atoms with Crippen molar-refractivity contribution in [1.29, 1.82) is 0 Å². The molecule has 2 aromatic carbocycles. The van der Waals surface area contributed by atoms with Crippen molar-refractivity contribution in [1.82, 2.24) is 10.4 Å². The number of thiazole rings is 1. The summed E-state index contributed by atoms with van der Waals surface area (Å²) in [6.45, 7) is 10.0. The van der Waals surface area contributed by atoms with Gasteiger partial charge in [0.05, 0.1) is 27.1 Å². The first-order valence-corrected chi connectivity index (χ1v) is 11.0. The smallest absolute Gasteiger partial charge is 0.240 e. The normalized spacial score (nSPS) is 16.4. The lowest BCUT2D eigenvalue weighted by Crippen LogP contribution is -2.31. The molecule has 2 N–H and O–H groups in total. The molecule has 0 spiro atoms. The Bertz CT molecular complexity index is 1120. The zero-order valence-corrected chi connectivity index (χ0v) is 18.8. The van der Waals surface area contributed by atoms with E-state index in [1.54, 1.807) is 11.3 Å². The number of fused-ring (bicyclic) bond motifs is 1. The topological polar surface area (TPSA) is 78.7 Å². The fourth-order valence-electron chi connectivity index (χ4n) is 3.29. The maximum Gasteiger partial charge on any atom is 0.240 e. The molecular weight excluding hydrogens is 394 g/mol. The Kier molecular flexibility index (Phi) is 6.95. The second-order valence-electron chi connectivity index (χ2n) is 7.00. The van der Waals surface area contributed by atoms with E-state index in [1.165, 1.54) is 0 Å². The van der Waals surface area contributed by atoms with Gasteiger partial charge in [-0.15, -0.1) is 11.3 Å². The number of nitrogens with one attached hydrogen (secondary N) is 2. The number of carbonyl (C=O) groups is 1. The standard InChI is InChI=1S/C21H21N5OS.C2H6/c1-12-8-15(21-13(2)9-20(27)25-26-21)4-6-17(12)24-14(3)23-16-5-7-18-19(10-16)28-11-22-18;1-2/h4-8,10-11,13H,9H2,1-3H3,(H,23,24)(H,25,27);1-2H3. The molecule has 0 fully saturated rings. The summed E-state index contributed by atoms with van der Waals surface area (Å²) in [5.74, 6) is 0.885. The third kappa shape index (κ3) is 4.91. The highest BCUT2D eigenvalue weighted by Gasteiger charge is 2.21. The summed E-state index contributed by atoms with van der Waals surface area (Å²) < 4.78 is 1.15. The number of rotatable bonds is 3. The Hall–Kier alpha value is -3.06. The molecule has 0 bridgehead atoms. The number of aromatic nitrogens is 1. The van der Waals surface area contributed by atoms with E-state index in [0.717, 1.165) is 44.3 Å². The number of amides is 1. The summed E-state index contributed by atoms with van der Waals surface area (Å²) in [6, 6.07) is 12.2. The van der Waals surface area contributed by atoms with E-state index < -0.39 is 0 Å². The number of benzene rings is 2. The van der Waals surface area contributed by atoms with Gasteiger partial charge in [0.2, 0.25) is 5.91 Å². The van der Waals surface area contributed by atoms with E-state index in [0.29, 0.717) is 6.42 Å². The fraction of sp³-hybridized carbons (Fsp3) is 0.304. The molecule has 4 rings (SSSR count). The molecular formula is C23H27N5OS. The first-order valence-electron chi connectivity index (χ1n) is 10.1. The zero-order valence-electron chi connectivity index (χ0n) is 18.0. The van der Waals surface area contributed by atoms with Crippen LogP contribution in [0.25, 0.3) is 10.2 Å². The van der Waals surface area contributed by atoms with Crippen LogP contribution in [0.5, 0.6) is 0 Å². The van der Waals surface area contributed by atoms with Crippen molar-refractivity contribution in [3.63, 3.8) is 0 Å². The van der Waals surface area contributed by atoms with Crippen LogP contribution in [0.1, 0.15) is 45.2 Å². The lowest BCUT2D eigenvalue weighted by atomic mass is 9.93. The minimum atomic E-state index is -0.0348. The molecule has 1 aromatic heterocycles. The molecule has 30 heavy (non-hydrogen) atoms. The Morgan fingerprint density at radius 3 is 2.77 bits per heavy atom. The Labute approximate surface area is 181 Å². The summed E-state index contributed by atoms with van der Waals surface area (Å²) in [5, 5.41) is 7.58. The highest BCUT2D eigenvalue weighted by molar-refractivity contribution is 7.16. The van der Waals surface area contributed by atoms with Crippen molar-refractivity contribution in [2.75, 3.05) is 5.32 Å². The van der Waals surface area contributed by atoms with Gasteiger partial charge in [0.1, 0.15) is 5.84 Å². The molecule has 0 saturated carbocycles. The van der Waals surface area contributed by atoms with Crippen LogP contribution in [-0.2, 0) is 4.79 Å². The minimum Gasteiger partial charge on any atom is -0.344 e. The molecule has 0 saturated heterocycles. The lowest BCUT2D eigenvalue weighted by molar-refractivity contribution is -0.121. The molecule has 156 valence electrons. The van der Waals surface area contributed by atoms with E-state index in [2.05, 4.69) is 33.0 Å². The van der Waals surface area contributed by atoms with Crippen molar-refractivity contribution in [3.8, 4) is 0 Å². The van der Waals surface area contributed by atoms with E-state index in [4.69, 9.17) is 4.99 Å². The number of hydrogen-bond acceptors (Lipinski definition) is 5. The highest BCUT2D eigenvalue weighted by Crippen LogP contribution is 2.25. The van der Waals surface area contributed by atoms with E-state index in [9.17, 15) is 4.79 Å². The van der Waals surface area contributed by atoms with Crippen molar-refractivity contribution in [2.45, 2.75) is 41.0 Å². The fourth-order valence-corrected chi connectivity index (χ4v) is 4.01. The average molecular weight is 422 g/mol. The summed E-state index contributed by atoms with van der Waals surface area (Å²) in [7, 11) is 0. The molecule has 1 aliphatic heterocycles. The molecule has 1 aliphatic rings. The van der Waals surface area contributed by atoms with Gasteiger partial charge in [-0.1, -0.05) is 26.8 Å². The molecule has 3 aromatic rings. The second-order valence-corrected chi connectivity index (χ2v) is 7.88. The summed E-state index contributed by atoms with van der Waals surface area (Å²) in [6.07, 6.45) is 0.463. The monoisotopic (exact) mass is 421 g/mol. The zero-order chi connectivity index (χ0) is 21.7. The van der Waals surface area contributed by atoms with Gasteiger partial charge in [0, 0.05) is 18.0 Å². The number of anilines is 1. The van der Waals surface area contributed by atoms with Crippen LogP contribution in [0.2, 0.25) is 0 Å². The molecule has 1 atom stereocenters. The molecule has 0 aliphatic carbocycles. The molecule has 1 unspecified atom stereocenters. The number of aliphatic imine (C=N–C) groups is 1. The average Bonchev–Trinajstić information content (AvgIpc) is 3.19. The third-order valence-corrected chi connectivity index (χ3v) is 5.49. The first kappa shape index (κ1) is 21.6. The van der Waals surface area contributed by atoms with E-state index >= 15 is 0 Å². The summed E-state index contributed by atoms with van der Waals surface area (Å²) in [4.78, 5) is 20.5. The van der Waals surface area contributed by atoms with Crippen LogP contribution in [0.3, 0.4) is 0 Å². The lowest BCUT2D eigenvalue weighted by Gasteiger charge is -2.19. The number of aryl methyl sites for hydroxylation is 1. The Morgan fingerprint density at radius 1 is 1.23 bits per heavy atom. The number of hydrazone groups is 1. The van der Waals surface area contributed by atoms with Crippen LogP contribution in [-0.4, -0.2) is 22.4 Å². The maximum atomic E-state index is 11.5. The van der Waals surface area contributed by atoms with Gasteiger partial charge in [0.15, 0.2) is 0 Å². The molecule has 7 heteroatoms. The molecule has 6 nitrogen and oxygen atoms in total. The van der Waals surface area contributed by atoms with Gasteiger partial charge in [-0.25, -0.2) is 15.4 Å². The third-order valence-electron chi connectivity index (χ3n) is 4.70. The van der Waals surface area contributed by atoms with Gasteiger partial charge in [-0.05, 0) is 55.3 Å². The maximum absolute atomic E-state index is 11.5. The summed E-state index contributed by atoms with van der Waals surface area (Å²) in [5.41, 5.74) is 10.3. The Morgan fingerprint density at radius 2 is 2.03 bits per heavy atom. The van der Waals surface area contributed by atoms with E-state index in [-0.39, 0.29) is 11.8 Å². The van der Waals surface area contributed by atoms with Crippen molar-refractivity contribution >= 4 is 50.4 Å². The van der Waals surface area contributed by atoms with Crippen LogP contribution in [0.4, 0.5) is 11.4 Å². The van der Waals surface area contributed by atoms with Crippen LogP contribution in [0, 0.1) is 12.8 Å². The van der Waals surface area contributed by atoms with Gasteiger partial charge in [-0.2, -0.15) is 5.10 Å². The molecule has 0 radical (unpaired) electrons. The number of nitrogens with zero attached hydrogens (tertiary/aromatic N) is 3. The van der Waals surface area contributed by atoms with Crippen LogP contribution >= 0.6 is 11.3 Å². The van der Waals surface area contributed by atoms with Crippen LogP contribution < -0.4 is 10.7 Å². The SMILES string of the molecule is CC.CC(=Nc1ccc(C2=NNC(=O)CC2C)cc1C)Nc1ccc2ncsc2c1. The molecule has 1 amide bonds. The van der Waals surface area contributed by atoms with Gasteiger partial charge >= 0.3 is 0 Å². The van der Waals surface area contributed by atoms with Crippen molar-refractivity contribution < 1.29 is 4.79 Å². The number of carbonyl (C=O) groups excluding carboxylic acids is 1. The van der Waals surface area contributed by atoms with Gasteiger partial charge < -0.3 is 5.32 Å². The predicted octanol–water partition coefficient (Wildman–Crippen LogP) is 5.65. The highest BCUT2D eigenvalue weighted by atomic mass is 32.1. The quantitative estimate of drug-likeness (QED) is 0.423. The second kappa shape index (κ2) is 9.63. The number of amidine groups is 1. The van der Waals surface area contributed by atoms with Crippen LogP contribution in [0.15, 0.2) is 52.0 Å². The van der Waals surface area contributed by atoms with Gasteiger partial charge in [-0.3, -0.25) is 4.79 Å². The van der Waals surface area contributed by atoms with E-state index in [1.807, 2.05) is 64.4 Å². The van der Waals surface area contributed by atoms with Crippen molar-refractivity contribution in [2.24, 2.45) is 16.0 Å².